The normalized spacial score (nSPS) is 11.2. The van der Waals surface area contributed by atoms with Gasteiger partial charge in [0.15, 0.2) is 0 Å². The molecule has 166 valence electrons. The van der Waals surface area contributed by atoms with E-state index in [1.54, 1.807) is 36.4 Å². The van der Waals surface area contributed by atoms with Gasteiger partial charge in [0.2, 0.25) is 10.0 Å². The Bertz CT molecular complexity index is 1230. The van der Waals surface area contributed by atoms with Gasteiger partial charge in [-0.05, 0) is 48.9 Å². The number of aryl methyl sites for hydroxylation is 1. The third kappa shape index (κ3) is 5.37. The molecule has 3 aromatic carbocycles. The van der Waals surface area contributed by atoms with E-state index in [0.29, 0.717) is 5.56 Å². The lowest BCUT2D eigenvalue weighted by Gasteiger charge is -2.17. The summed E-state index contributed by atoms with van der Waals surface area (Å²) in [5.41, 5.74) is 6.07. The van der Waals surface area contributed by atoms with Gasteiger partial charge in [-0.3, -0.25) is 20.4 Å². The number of nitrogens with zero attached hydrogens (tertiary/aromatic N) is 1. The number of carbonyl (C=O) groups is 2. The highest BCUT2D eigenvalue weighted by Gasteiger charge is 2.21. The van der Waals surface area contributed by atoms with Crippen molar-refractivity contribution in [3.05, 3.63) is 101 Å². The van der Waals surface area contributed by atoms with E-state index in [1.807, 2.05) is 6.92 Å². The zero-order chi connectivity index (χ0) is 23.3. The van der Waals surface area contributed by atoms with Crippen molar-refractivity contribution in [2.75, 3.05) is 7.05 Å². The smallest absolute Gasteiger partial charge is 0.267 e. The average molecular weight is 456 g/mol. The fraction of sp³-hybridized carbons (Fsp3) is 0.130. The van der Waals surface area contributed by atoms with Crippen LogP contribution in [-0.4, -0.2) is 31.6 Å². The molecule has 0 aromatic heterocycles. The first-order valence-electron chi connectivity index (χ1n) is 9.65. The van der Waals surface area contributed by atoms with Crippen LogP contribution in [0.2, 0.25) is 0 Å². The summed E-state index contributed by atoms with van der Waals surface area (Å²) in [4.78, 5) is 24.4. The van der Waals surface area contributed by atoms with Crippen LogP contribution in [0.4, 0.5) is 4.39 Å². The summed E-state index contributed by atoms with van der Waals surface area (Å²) in [5, 5.41) is 0. The monoisotopic (exact) mass is 455 g/mol. The Morgan fingerprint density at radius 1 is 0.875 bits per heavy atom. The van der Waals surface area contributed by atoms with Crippen molar-refractivity contribution in [1.82, 2.24) is 15.2 Å². The molecule has 0 atom stereocenters. The molecule has 0 aliphatic carbocycles. The predicted octanol–water partition coefficient (Wildman–Crippen LogP) is 3.03. The van der Waals surface area contributed by atoms with E-state index in [0.717, 1.165) is 11.6 Å². The third-order valence-corrected chi connectivity index (χ3v) is 6.58. The largest absolute Gasteiger partial charge is 0.272 e. The van der Waals surface area contributed by atoms with Gasteiger partial charge in [-0.1, -0.05) is 42.0 Å². The number of rotatable bonds is 6. The maximum absolute atomic E-state index is 13.6. The summed E-state index contributed by atoms with van der Waals surface area (Å²) < 4.78 is 40.3. The molecule has 9 heteroatoms. The molecule has 3 rings (SSSR count). The zero-order valence-corrected chi connectivity index (χ0v) is 18.3. The molecular formula is C23H22FN3O4S. The first-order valence-corrected chi connectivity index (χ1v) is 11.1. The highest BCUT2D eigenvalue weighted by Crippen LogP contribution is 2.17. The Hall–Kier alpha value is -3.56. The van der Waals surface area contributed by atoms with Crippen LogP contribution >= 0.6 is 0 Å². The molecule has 0 fully saturated rings. The summed E-state index contributed by atoms with van der Waals surface area (Å²) in [5.74, 6) is -2.08. The zero-order valence-electron chi connectivity index (χ0n) is 17.5. The molecule has 32 heavy (non-hydrogen) atoms. The minimum absolute atomic E-state index is 0.113. The van der Waals surface area contributed by atoms with Crippen LogP contribution in [0.1, 0.15) is 31.8 Å². The van der Waals surface area contributed by atoms with Crippen molar-refractivity contribution < 1.29 is 22.4 Å². The summed E-state index contributed by atoms with van der Waals surface area (Å²) in [6, 6.07) is 18.2. The molecule has 7 nitrogen and oxygen atoms in total. The van der Waals surface area contributed by atoms with Crippen LogP contribution in [0, 0.1) is 12.7 Å². The molecule has 0 aliphatic rings. The van der Waals surface area contributed by atoms with Crippen LogP contribution in [0.25, 0.3) is 0 Å². The first-order chi connectivity index (χ1) is 15.2. The molecule has 0 saturated carbocycles. The third-order valence-electron chi connectivity index (χ3n) is 4.76. The van der Waals surface area contributed by atoms with Crippen molar-refractivity contribution in [2.45, 2.75) is 18.4 Å². The van der Waals surface area contributed by atoms with Crippen molar-refractivity contribution in [3.63, 3.8) is 0 Å². The number of hydrazine groups is 1. The van der Waals surface area contributed by atoms with E-state index in [9.17, 15) is 22.4 Å². The number of hydrogen-bond acceptors (Lipinski definition) is 4. The van der Waals surface area contributed by atoms with E-state index in [4.69, 9.17) is 0 Å². The van der Waals surface area contributed by atoms with Gasteiger partial charge in [0.05, 0.1) is 10.5 Å². The minimum atomic E-state index is -3.65. The van der Waals surface area contributed by atoms with Gasteiger partial charge >= 0.3 is 0 Å². The van der Waals surface area contributed by atoms with E-state index < -0.39 is 27.7 Å². The van der Waals surface area contributed by atoms with Gasteiger partial charge in [-0.15, -0.1) is 0 Å². The fourth-order valence-corrected chi connectivity index (χ4v) is 4.05. The van der Waals surface area contributed by atoms with Crippen molar-refractivity contribution in [3.8, 4) is 0 Å². The van der Waals surface area contributed by atoms with E-state index in [1.165, 1.54) is 41.7 Å². The Morgan fingerprint density at radius 3 is 2.09 bits per heavy atom. The van der Waals surface area contributed by atoms with Crippen molar-refractivity contribution in [2.24, 2.45) is 0 Å². The highest BCUT2D eigenvalue weighted by atomic mass is 32.2. The number of sulfonamides is 1. The Balaban J connectivity index is 1.60. The van der Waals surface area contributed by atoms with Gasteiger partial charge in [0.1, 0.15) is 5.82 Å². The van der Waals surface area contributed by atoms with E-state index in [-0.39, 0.29) is 22.6 Å². The summed E-state index contributed by atoms with van der Waals surface area (Å²) in [6.45, 7) is 1.99. The summed E-state index contributed by atoms with van der Waals surface area (Å²) in [6.07, 6.45) is 0. The molecule has 0 unspecified atom stereocenters. The molecule has 0 heterocycles. The van der Waals surface area contributed by atoms with Crippen LogP contribution in [0.15, 0.2) is 77.7 Å². The van der Waals surface area contributed by atoms with Crippen LogP contribution in [-0.2, 0) is 16.6 Å². The number of nitrogens with one attached hydrogen (secondary N) is 2. The lowest BCUT2D eigenvalue weighted by atomic mass is 10.1. The number of hydrogen-bond donors (Lipinski definition) is 2. The maximum atomic E-state index is 13.6. The molecule has 2 N–H and O–H groups in total. The minimum Gasteiger partial charge on any atom is -0.267 e. The van der Waals surface area contributed by atoms with Crippen LogP contribution < -0.4 is 10.9 Å². The first kappa shape index (κ1) is 23.1. The van der Waals surface area contributed by atoms with Gasteiger partial charge in [-0.25, -0.2) is 12.8 Å². The van der Waals surface area contributed by atoms with Crippen molar-refractivity contribution >= 4 is 21.8 Å². The van der Waals surface area contributed by atoms with Gasteiger partial charge in [-0.2, -0.15) is 4.31 Å². The molecule has 3 aromatic rings. The van der Waals surface area contributed by atoms with Crippen LogP contribution in [0.3, 0.4) is 0 Å². The van der Waals surface area contributed by atoms with Crippen LogP contribution in [0.5, 0.6) is 0 Å². The molecule has 0 radical (unpaired) electrons. The number of halogens is 1. The second kappa shape index (κ2) is 9.71. The van der Waals surface area contributed by atoms with E-state index >= 15 is 0 Å². The molecule has 2 amide bonds. The average Bonchev–Trinajstić information content (AvgIpc) is 2.78. The maximum Gasteiger partial charge on any atom is 0.272 e. The lowest BCUT2D eigenvalue weighted by Crippen LogP contribution is -2.41. The summed E-state index contributed by atoms with van der Waals surface area (Å²) in [7, 11) is -2.17. The molecule has 0 bridgehead atoms. The molecule has 0 saturated heterocycles. The topological polar surface area (TPSA) is 95.6 Å². The van der Waals surface area contributed by atoms with E-state index in [2.05, 4.69) is 10.9 Å². The van der Waals surface area contributed by atoms with Gasteiger partial charge in [0.25, 0.3) is 11.8 Å². The Labute approximate surface area is 185 Å². The lowest BCUT2D eigenvalue weighted by molar-refractivity contribution is 0.0844. The fourth-order valence-electron chi connectivity index (χ4n) is 2.89. The highest BCUT2D eigenvalue weighted by molar-refractivity contribution is 7.89. The van der Waals surface area contributed by atoms with Crippen molar-refractivity contribution in [1.29, 1.82) is 0 Å². The quantitative estimate of drug-likeness (QED) is 0.559. The number of carbonyl (C=O) groups excluding carboxylic acids is 2. The Kier molecular flexibility index (Phi) is 7.01. The molecule has 0 aliphatic heterocycles. The molecular weight excluding hydrogens is 433 g/mol. The second-order valence-electron chi connectivity index (χ2n) is 7.16. The SMILES string of the molecule is Cc1ccc(S(=O)(=O)N(C)Cc2ccc(C(=O)NNC(=O)c3ccccc3F)cc2)cc1. The second-order valence-corrected chi connectivity index (χ2v) is 9.20. The van der Waals surface area contributed by atoms with Gasteiger partial charge in [0, 0.05) is 19.2 Å². The Morgan fingerprint density at radius 2 is 1.47 bits per heavy atom. The standard InChI is InChI=1S/C23H22FN3O4S/c1-16-7-13-19(14-8-16)32(30,31)27(2)15-17-9-11-18(12-10-17)22(28)25-26-23(29)20-5-3-4-6-21(20)24/h3-14H,15H2,1-2H3,(H,25,28)(H,26,29). The van der Waals surface area contributed by atoms with Gasteiger partial charge < -0.3 is 0 Å². The summed E-state index contributed by atoms with van der Waals surface area (Å²) >= 11 is 0. The predicted molar refractivity (Wildman–Crippen MR) is 118 cm³/mol. The number of benzene rings is 3. The molecule has 0 spiro atoms. The number of amides is 2.